The van der Waals surface area contributed by atoms with Crippen LogP contribution in [0.25, 0.3) is 28.3 Å². The first-order valence-electron chi connectivity index (χ1n) is 9.45. The van der Waals surface area contributed by atoms with Gasteiger partial charge in [-0.15, -0.1) is 0 Å². The summed E-state index contributed by atoms with van der Waals surface area (Å²) in [6, 6.07) is 18.2. The number of fused-ring (bicyclic) bond motifs is 1. The van der Waals surface area contributed by atoms with Crippen molar-refractivity contribution < 1.29 is 13.9 Å². The zero-order valence-electron chi connectivity index (χ0n) is 16.3. The number of furan rings is 1. The zero-order valence-corrected chi connectivity index (χ0v) is 16.3. The predicted octanol–water partition coefficient (Wildman–Crippen LogP) is 4.59. The van der Waals surface area contributed by atoms with Crippen molar-refractivity contribution in [1.29, 1.82) is 0 Å². The number of benzene rings is 2. The van der Waals surface area contributed by atoms with Gasteiger partial charge in [-0.3, -0.25) is 0 Å². The third-order valence-electron chi connectivity index (χ3n) is 4.90. The lowest BCUT2D eigenvalue weighted by molar-refractivity contribution is 0.174. The standard InChI is InChI=1S/C23H21N3O3/c1-25(2)14-18-13-24-26(23(18)21-4-3-11-27-21)19-8-5-16(6-9-19)17-7-10-20-22(12-17)29-15-28-20/h3-13H,14-15H2,1-2H3. The summed E-state index contributed by atoms with van der Waals surface area (Å²) in [5.74, 6) is 2.38. The van der Waals surface area contributed by atoms with Gasteiger partial charge in [-0.05, 0) is 61.6 Å². The molecule has 4 aromatic rings. The molecule has 0 fully saturated rings. The molecule has 146 valence electrons. The molecule has 0 bridgehead atoms. The number of hydrogen-bond acceptors (Lipinski definition) is 5. The van der Waals surface area contributed by atoms with Crippen LogP contribution in [0.4, 0.5) is 0 Å². The summed E-state index contributed by atoms with van der Waals surface area (Å²) >= 11 is 0. The Morgan fingerprint density at radius 1 is 0.966 bits per heavy atom. The Morgan fingerprint density at radius 3 is 2.52 bits per heavy atom. The number of hydrogen-bond donors (Lipinski definition) is 0. The number of nitrogens with zero attached hydrogens (tertiary/aromatic N) is 3. The SMILES string of the molecule is CN(C)Cc1cnn(-c2ccc(-c3ccc4c(c3)OCO4)cc2)c1-c1ccco1. The van der Waals surface area contributed by atoms with Gasteiger partial charge in [0.2, 0.25) is 6.79 Å². The molecule has 0 N–H and O–H groups in total. The summed E-state index contributed by atoms with van der Waals surface area (Å²) in [6.45, 7) is 1.06. The minimum Gasteiger partial charge on any atom is -0.463 e. The van der Waals surface area contributed by atoms with E-state index in [0.29, 0.717) is 0 Å². The van der Waals surface area contributed by atoms with E-state index in [1.807, 2.05) is 55.3 Å². The number of aromatic nitrogens is 2. The Labute approximate surface area is 168 Å². The van der Waals surface area contributed by atoms with Crippen LogP contribution < -0.4 is 9.47 Å². The van der Waals surface area contributed by atoms with Crippen molar-refractivity contribution in [2.24, 2.45) is 0 Å². The minimum absolute atomic E-state index is 0.280. The molecular weight excluding hydrogens is 366 g/mol. The van der Waals surface area contributed by atoms with Gasteiger partial charge in [0.25, 0.3) is 0 Å². The Bertz CT molecular complexity index is 1130. The van der Waals surface area contributed by atoms with E-state index in [1.54, 1.807) is 6.26 Å². The van der Waals surface area contributed by atoms with Gasteiger partial charge in [0.1, 0.15) is 5.69 Å². The number of rotatable bonds is 5. The Hall–Kier alpha value is -3.51. The highest BCUT2D eigenvalue weighted by atomic mass is 16.7. The molecule has 5 rings (SSSR count). The molecule has 0 spiro atoms. The predicted molar refractivity (Wildman–Crippen MR) is 110 cm³/mol. The van der Waals surface area contributed by atoms with Gasteiger partial charge in [-0.25, -0.2) is 4.68 Å². The van der Waals surface area contributed by atoms with Crippen molar-refractivity contribution in [3.8, 4) is 39.8 Å². The van der Waals surface area contributed by atoms with Gasteiger partial charge in [0.05, 0.1) is 18.1 Å². The smallest absolute Gasteiger partial charge is 0.231 e. The van der Waals surface area contributed by atoms with Crippen molar-refractivity contribution >= 4 is 0 Å². The normalized spacial score (nSPS) is 12.7. The summed E-state index contributed by atoms with van der Waals surface area (Å²) in [5, 5.41) is 4.64. The minimum atomic E-state index is 0.280. The topological polar surface area (TPSA) is 52.7 Å². The molecule has 2 aromatic heterocycles. The van der Waals surface area contributed by atoms with Gasteiger partial charge in [0, 0.05) is 12.1 Å². The lowest BCUT2D eigenvalue weighted by atomic mass is 10.0. The second-order valence-corrected chi connectivity index (χ2v) is 7.26. The summed E-state index contributed by atoms with van der Waals surface area (Å²) in [5.41, 5.74) is 5.25. The average molecular weight is 387 g/mol. The van der Waals surface area contributed by atoms with E-state index in [1.165, 1.54) is 0 Å². The molecule has 0 amide bonds. The first-order chi connectivity index (χ1) is 14.2. The fraction of sp³-hybridized carbons (Fsp3) is 0.174. The lowest BCUT2D eigenvalue weighted by Crippen LogP contribution is -2.11. The van der Waals surface area contributed by atoms with E-state index in [9.17, 15) is 0 Å². The van der Waals surface area contributed by atoms with E-state index in [-0.39, 0.29) is 6.79 Å². The second-order valence-electron chi connectivity index (χ2n) is 7.26. The maximum absolute atomic E-state index is 5.69. The molecule has 2 aromatic carbocycles. The monoisotopic (exact) mass is 387 g/mol. The van der Waals surface area contributed by atoms with Crippen molar-refractivity contribution in [3.63, 3.8) is 0 Å². The van der Waals surface area contributed by atoms with Crippen LogP contribution in [-0.4, -0.2) is 35.6 Å². The Kier molecular flexibility index (Phi) is 4.33. The average Bonchev–Trinajstić information content (AvgIpc) is 3.47. The summed E-state index contributed by atoms with van der Waals surface area (Å²) in [6.07, 6.45) is 3.60. The van der Waals surface area contributed by atoms with E-state index in [4.69, 9.17) is 13.9 Å². The van der Waals surface area contributed by atoms with Crippen LogP contribution in [0.3, 0.4) is 0 Å². The van der Waals surface area contributed by atoms with Crippen LogP contribution in [0.2, 0.25) is 0 Å². The molecule has 6 heteroatoms. The fourth-order valence-electron chi connectivity index (χ4n) is 3.58. The van der Waals surface area contributed by atoms with Crippen molar-refractivity contribution in [1.82, 2.24) is 14.7 Å². The molecule has 29 heavy (non-hydrogen) atoms. The lowest BCUT2D eigenvalue weighted by Gasteiger charge is -2.12. The molecule has 0 unspecified atom stereocenters. The van der Waals surface area contributed by atoms with Crippen LogP contribution in [-0.2, 0) is 6.54 Å². The molecule has 0 saturated heterocycles. The maximum atomic E-state index is 5.69. The van der Waals surface area contributed by atoms with E-state index in [2.05, 4.69) is 34.3 Å². The second kappa shape index (κ2) is 7.14. The molecular formula is C23H21N3O3. The molecule has 1 aliphatic heterocycles. The van der Waals surface area contributed by atoms with Crippen molar-refractivity contribution in [2.75, 3.05) is 20.9 Å². The van der Waals surface area contributed by atoms with E-state index >= 15 is 0 Å². The fourth-order valence-corrected chi connectivity index (χ4v) is 3.58. The molecule has 3 heterocycles. The van der Waals surface area contributed by atoms with Crippen molar-refractivity contribution in [2.45, 2.75) is 6.54 Å². The third kappa shape index (κ3) is 3.28. The highest BCUT2D eigenvalue weighted by Gasteiger charge is 2.18. The molecule has 0 saturated carbocycles. The van der Waals surface area contributed by atoms with Crippen LogP contribution >= 0.6 is 0 Å². The van der Waals surface area contributed by atoms with Gasteiger partial charge < -0.3 is 18.8 Å². The molecule has 0 radical (unpaired) electrons. The van der Waals surface area contributed by atoms with E-state index in [0.717, 1.165) is 51.9 Å². The largest absolute Gasteiger partial charge is 0.463 e. The summed E-state index contributed by atoms with van der Waals surface area (Å²) in [4.78, 5) is 2.12. The zero-order chi connectivity index (χ0) is 19.8. The molecule has 1 aliphatic rings. The van der Waals surface area contributed by atoms with Crippen molar-refractivity contribution in [3.05, 3.63) is 72.6 Å². The van der Waals surface area contributed by atoms with Crippen LogP contribution in [0.5, 0.6) is 11.5 Å². The van der Waals surface area contributed by atoms with Gasteiger partial charge in [-0.2, -0.15) is 5.10 Å². The highest BCUT2D eigenvalue weighted by Crippen LogP contribution is 2.36. The molecule has 0 aliphatic carbocycles. The Balaban J connectivity index is 1.51. The summed E-state index contributed by atoms with van der Waals surface area (Å²) in [7, 11) is 4.09. The first kappa shape index (κ1) is 17.6. The molecule has 6 nitrogen and oxygen atoms in total. The third-order valence-corrected chi connectivity index (χ3v) is 4.90. The van der Waals surface area contributed by atoms with Crippen LogP contribution in [0, 0.1) is 0 Å². The summed E-state index contributed by atoms with van der Waals surface area (Å²) < 4.78 is 18.5. The van der Waals surface area contributed by atoms with Gasteiger partial charge in [-0.1, -0.05) is 18.2 Å². The quantitative estimate of drug-likeness (QED) is 0.501. The van der Waals surface area contributed by atoms with E-state index < -0.39 is 0 Å². The van der Waals surface area contributed by atoms with Crippen LogP contribution in [0.1, 0.15) is 5.56 Å². The molecule has 0 atom stereocenters. The number of ether oxygens (including phenoxy) is 2. The Morgan fingerprint density at radius 2 is 1.76 bits per heavy atom. The highest BCUT2D eigenvalue weighted by molar-refractivity contribution is 5.69. The first-order valence-corrected chi connectivity index (χ1v) is 9.45. The van der Waals surface area contributed by atoms with Gasteiger partial charge in [0.15, 0.2) is 17.3 Å². The van der Waals surface area contributed by atoms with Crippen LogP contribution in [0.15, 0.2) is 71.5 Å². The maximum Gasteiger partial charge on any atom is 0.231 e. The van der Waals surface area contributed by atoms with Gasteiger partial charge >= 0.3 is 0 Å².